The van der Waals surface area contributed by atoms with Crippen LogP contribution in [0.3, 0.4) is 0 Å². The molecule has 0 atom stereocenters. The van der Waals surface area contributed by atoms with E-state index in [0.717, 1.165) is 5.52 Å². The van der Waals surface area contributed by atoms with Crippen molar-refractivity contribution in [1.29, 1.82) is 0 Å². The van der Waals surface area contributed by atoms with Crippen LogP contribution >= 0.6 is 0 Å². The number of benzene rings is 1. The molecule has 2 aromatic heterocycles. The van der Waals surface area contributed by atoms with Gasteiger partial charge in [-0.2, -0.15) is 5.10 Å². The first-order valence-electron chi connectivity index (χ1n) is 7.25. The van der Waals surface area contributed by atoms with E-state index in [1.807, 2.05) is 17.7 Å². The Bertz CT molecular complexity index is 1020. The minimum Gasteiger partial charge on any atom is -0.350 e. The minimum absolute atomic E-state index is 0.325. The third kappa shape index (κ3) is 2.18. The summed E-state index contributed by atoms with van der Waals surface area (Å²) in [5.41, 5.74) is 4.96. The van der Waals surface area contributed by atoms with Crippen LogP contribution in [0.15, 0.2) is 53.7 Å². The molecule has 0 aliphatic carbocycles. The highest BCUT2D eigenvalue weighted by atomic mass is 19.1. The fraction of sp³-hybridized carbons (Fsp3) is 0.0588. The molecule has 1 amide bonds. The molecule has 4 rings (SSSR count). The van der Waals surface area contributed by atoms with Crippen LogP contribution in [0, 0.1) is 5.82 Å². The molecule has 0 unspecified atom stereocenters. The molecule has 1 N–H and O–H groups in total. The SMILES string of the molecule is Cn1cc(/C=C2\C(=O)NN=C2c2cnccn2)c2c(F)cccc21. The van der Waals surface area contributed by atoms with Gasteiger partial charge >= 0.3 is 0 Å². The Kier molecular flexibility index (Phi) is 3.19. The van der Waals surface area contributed by atoms with Crippen molar-refractivity contribution in [3.8, 4) is 0 Å². The fourth-order valence-corrected chi connectivity index (χ4v) is 2.79. The van der Waals surface area contributed by atoms with Gasteiger partial charge in [-0.1, -0.05) is 6.07 Å². The zero-order chi connectivity index (χ0) is 16.7. The molecule has 0 radical (unpaired) electrons. The lowest BCUT2D eigenvalue weighted by atomic mass is 10.0. The van der Waals surface area contributed by atoms with E-state index in [-0.39, 0.29) is 11.7 Å². The average Bonchev–Trinajstić information content (AvgIpc) is 3.11. The first-order valence-corrected chi connectivity index (χ1v) is 7.25. The molecular weight excluding hydrogens is 309 g/mol. The summed E-state index contributed by atoms with van der Waals surface area (Å²) >= 11 is 0. The number of hydrogen-bond acceptors (Lipinski definition) is 4. The van der Waals surface area contributed by atoms with Crippen LogP contribution in [0.1, 0.15) is 11.3 Å². The maximum atomic E-state index is 14.3. The van der Waals surface area contributed by atoms with Gasteiger partial charge in [0.2, 0.25) is 0 Å². The van der Waals surface area contributed by atoms with Crippen LogP contribution in [0.4, 0.5) is 4.39 Å². The molecule has 3 aromatic rings. The second kappa shape index (κ2) is 5.38. The van der Waals surface area contributed by atoms with Crippen molar-refractivity contribution in [2.75, 3.05) is 0 Å². The molecule has 6 nitrogen and oxygen atoms in total. The largest absolute Gasteiger partial charge is 0.350 e. The summed E-state index contributed by atoms with van der Waals surface area (Å²) in [5.74, 6) is -0.694. The molecule has 118 valence electrons. The predicted octanol–water partition coefficient (Wildman–Crippen LogP) is 2.02. The maximum Gasteiger partial charge on any atom is 0.273 e. The van der Waals surface area contributed by atoms with Gasteiger partial charge in [0.1, 0.15) is 17.2 Å². The Morgan fingerprint density at radius 2 is 2.17 bits per heavy atom. The molecule has 24 heavy (non-hydrogen) atoms. The third-order valence-electron chi connectivity index (χ3n) is 3.87. The summed E-state index contributed by atoms with van der Waals surface area (Å²) in [7, 11) is 1.83. The van der Waals surface area contributed by atoms with Crippen LogP contribution in [-0.4, -0.2) is 26.2 Å². The first-order chi connectivity index (χ1) is 11.6. The van der Waals surface area contributed by atoms with E-state index >= 15 is 0 Å². The normalized spacial score (nSPS) is 15.8. The Balaban J connectivity index is 1.89. The van der Waals surface area contributed by atoms with E-state index in [4.69, 9.17) is 0 Å². The average molecular weight is 321 g/mol. The number of rotatable bonds is 2. The monoisotopic (exact) mass is 321 g/mol. The summed E-state index contributed by atoms with van der Waals surface area (Å²) in [4.78, 5) is 20.3. The minimum atomic E-state index is -0.357. The molecule has 3 heterocycles. The van der Waals surface area contributed by atoms with Crippen LogP contribution < -0.4 is 5.43 Å². The Labute approximate surface area is 136 Å². The fourth-order valence-electron chi connectivity index (χ4n) is 2.79. The lowest BCUT2D eigenvalue weighted by Gasteiger charge is -2.00. The van der Waals surface area contributed by atoms with Gasteiger partial charge in [0.05, 0.1) is 17.3 Å². The van der Waals surface area contributed by atoms with E-state index in [1.54, 1.807) is 18.3 Å². The smallest absolute Gasteiger partial charge is 0.273 e. The zero-order valence-corrected chi connectivity index (χ0v) is 12.7. The van der Waals surface area contributed by atoms with Crippen molar-refractivity contribution in [1.82, 2.24) is 20.0 Å². The molecule has 1 aliphatic rings. The highest BCUT2D eigenvalue weighted by Gasteiger charge is 2.25. The van der Waals surface area contributed by atoms with Crippen molar-refractivity contribution in [2.45, 2.75) is 0 Å². The lowest BCUT2D eigenvalue weighted by Crippen LogP contribution is -2.14. The maximum absolute atomic E-state index is 14.3. The molecule has 0 saturated heterocycles. The number of aromatic nitrogens is 3. The molecule has 1 aromatic carbocycles. The van der Waals surface area contributed by atoms with Gasteiger partial charge in [0.25, 0.3) is 5.91 Å². The summed E-state index contributed by atoms with van der Waals surface area (Å²) < 4.78 is 16.1. The number of amides is 1. The van der Waals surface area contributed by atoms with Crippen molar-refractivity contribution >= 4 is 28.6 Å². The Hall–Kier alpha value is -3.35. The third-order valence-corrected chi connectivity index (χ3v) is 3.87. The topological polar surface area (TPSA) is 72.2 Å². The van der Waals surface area contributed by atoms with E-state index in [9.17, 15) is 9.18 Å². The van der Waals surface area contributed by atoms with Crippen molar-refractivity contribution in [2.24, 2.45) is 12.1 Å². The number of fused-ring (bicyclic) bond motifs is 1. The van der Waals surface area contributed by atoms with Crippen molar-refractivity contribution in [3.05, 3.63) is 65.6 Å². The van der Waals surface area contributed by atoms with Crippen molar-refractivity contribution < 1.29 is 9.18 Å². The van der Waals surface area contributed by atoms with E-state index in [0.29, 0.717) is 27.9 Å². The first kappa shape index (κ1) is 14.3. The number of carbonyl (C=O) groups excluding carboxylic acids is 1. The summed E-state index contributed by atoms with van der Waals surface area (Å²) in [5, 5.41) is 4.48. The number of halogens is 1. The second-order valence-corrected chi connectivity index (χ2v) is 5.38. The number of hydrogen-bond donors (Lipinski definition) is 1. The van der Waals surface area contributed by atoms with Crippen LogP contribution in [0.5, 0.6) is 0 Å². The van der Waals surface area contributed by atoms with Gasteiger partial charge in [-0.15, -0.1) is 0 Å². The van der Waals surface area contributed by atoms with Gasteiger partial charge in [-0.05, 0) is 18.2 Å². The standard InChI is InChI=1S/C17H12FN5O/c1-23-9-10(15-12(18)3-2-4-14(15)23)7-11-16(21-22-17(11)24)13-8-19-5-6-20-13/h2-9H,1H3,(H,22,24)/b11-7-. The van der Waals surface area contributed by atoms with Crippen LogP contribution in [0.25, 0.3) is 17.0 Å². The molecule has 0 fully saturated rings. The van der Waals surface area contributed by atoms with Crippen LogP contribution in [0.2, 0.25) is 0 Å². The summed E-state index contributed by atoms with van der Waals surface area (Å²) in [6, 6.07) is 4.88. The van der Waals surface area contributed by atoms with Gasteiger partial charge < -0.3 is 4.57 Å². The highest BCUT2D eigenvalue weighted by Crippen LogP contribution is 2.27. The molecule has 7 heteroatoms. The molecule has 0 bridgehead atoms. The van der Waals surface area contributed by atoms with E-state index in [1.165, 1.54) is 24.7 Å². The second-order valence-electron chi connectivity index (χ2n) is 5.38. The van der Waals surface area contributed by atoms with E-state index < -0.39 is 0 Å². The Morgan fingerprint density at radius 1 is 1.29 bits per heavy atom. The summed E-state index contributed by atoms with van der Waals surface area (Å²) in [6.45, 7) is 0. The highest BCUT2D eigenvalue weighted by molar-refractivity contribution is 6.32. The van der Waals surface area contributed by atoms with Gasteiger partial charge in [0, 0.05) is 36.6 Å². The van der Waals surface area contributed by atoms with Gasteiger partial charge in [-0.3, -0.25) is 14.8 Å². The number of hydrazone groups is 1. The molecule has 0 saturated carbocycles. The van der Waals surface area contributed by atoms with E-state index in [2.05, 4.69) is 20.5 Å². The number of aryl methyl sites for hydroxylation is 1. The Morgan fingerprint density at radius 3 is 2.96 bits per heavy atom. The van der Waals surface area contributed by atoms with Gasteiger partial charge in [-0.25, -0.2) is 9.82 Å². The number of nitrogens with one attached hydrogen (secondary N) is 1. The van der Waals surface area contributed by atoms with Crippen LogP contribution in [-0.2, 0) is 11.8 Å². The zero-order valence-electron chi connectivity index (χ0n) is 12.7. The molecular formula is C17H12FN5O. The lowest BCUT2D eigenvalue weighted by molar-refractivity contribution is -0.116. The molecule has 0 spiro atoms. The molecule has 1 aliphatic heterocycles. The quantitative estimate of drug-likeness (QED) is 0.734. The predicted molar refractivity (Wildman–Crippen MR) is 87.6 cm³/mol. The number of nitrogens with zero attached hydrogens (tertiary/aromatic N) is 4. The summed E-state index contributed by atoms with van der Waals surface area (Å²) in [6.07, 6.45) is 7.99. The van der Waals surface area contributed by atoms with Crippen molar-refractivity contribution in [3.63, 3.8) is 0 Å². The number of carbonyl (C=O) groups is 1. The van der Waals surface area contributed by atoms with Gasteiger partial charge in [0.15, 0.2) is 0 Å².